The van der Waals surface area contributed by atoms with Crippen LogP contribution in [0, 0.1) is 6.92 Å². The quantitative estimate of drug-likeness (QED) is 0.804. The number of amides is 1. The molecule has 0 bridgehead atoms. The molecule has 0 unspecified atom stereocenters. The third-order valence-electron chi connectivity index (χ3n) is 2.56. The Bertz CT molecular complexity index is 623. The predicted molar refractivity (Wildman–Crippen MR) is 82.7 cm³/mol. The third kappa shape index (κ3) is 3.49. The van der Waals surface area contributed by atoms with Crippen LogP contribution in [0.25, 0.3) is 0 Å². The lowest BCUT2D eigenvalue weighted by Gasteiger charge is -2.08. The molecular weight excluding hydrogens is 328 g/mol. The number of hydrogen-bond acceptors (Lipinski definition) is 2. The van der Waals surface area contributed by atoms with Crippen LogP contribution in [0.15, 0.2) is 40.9 Å². The van der Waals surface area contributed by atoms with Crippen LogP contribution < -0.4 is 11.1 Å². The van der Waals surface area contributed by atoms with Gasteiger partial charge in [0, 0.05) is 15.7 Å². The van der Waals surface area contributed by atoms with Gasteiger partial charge in [0.15, 0.2) is 0 Å². The van der Waals surface area contributed by atoms with Gasteiger partial charge in [-0.1, -0.05) is 27.5 Å². The first kappa shape index (κ1) is 13.9. The highest BCUT2D eigenvalue weighted by atomic mass is 79.9. The maximum Gasteiger partial charge on any atom is 0.255 e. The lowest BCUT2D eigenvalue weighted by molar-refractivity contribution is 0.102. The fraction of sp³-hybridized carbons (Fsp3) is 0.0714. The fourth-order valence-corrected chi connectivity index (χ4v) is 2.42. The van der Waals surface area contributed by atoms with Crippen LogP contribution in [-0.4, -0.2) is 5.91 Å². The molecule has 19 heavy (non-hydrogen) atoms. The van der Waals surface area contributed by atoms with Crippen LogP contribution in [0.1, 0.15) is 15.9 Å². The van der Waals surface area contributed by atoms with Crippen molar-refractivity contribution in [2.24, 2.45) is 0 Å². The van der Waals surface area contributed by atoms with Crippen LogP contribution in [0.3, 0.4) is 0 Å². The number of rotatable bonds is 2. The second kappa shape index (κ2) is 5.63. The minimum Gasteiger partial charge on any atom is -0.397 e. The van der Waals surface area contributed by atoms with Crippen molar-refractivity contribution in [1.29, 1.82) is 0 Å². The Morgan fingerprint density at radius 3 is 2.63 bits per heavy atom. The molecule has 0 radical (unpaired) electrons. The van der Waals surface area contributed by atoms with Crippen LogP contribution in [0.5, 0.6) is 0 Å². The summed E-state index contributed by atoms with van der Waals surface area (Å²) in [4.78, 5) is 12.1. The highest BCUT2D eigenvalue weighted by molar-refractivity contribution is 9.10. The number of nitrogen functional groups attached to an aromatic ring is 1. The van der Waals surface area contributed by atoms with Gasteiger partial charge < -0.3 is 11.1 Å². The standard InChI is InChI=1S/C14H12BrClN2O/c1-8-4-9(6-10(15)5-8)14(19)18-11-2-3-12(16)13(17)7-11/h2-7H,17H2,1H3,(H,18,19). The second-order valence-electron chi connectivity index (χ2n) is 4.21. The molecule has 98 valence electrons. The molecular formula is C14H12BrClN2O. The molecule has 2 aromatic carbocycles. The van der Waals surface area contributed by atoms with Crippen molar-refractivity contribution in [2.45, 2.75) is 6.92 Å². The van der Waals surface area contributed by atoms with E-state index >= 15 is 0 Å². The fourth-order valence-electron chi connectivity index (χ4n) is 1.69. The van der Waals surface area contributed by atoms with E-state index in [0.717, 1.165) is 10.0 Å². The smallest absolute Gasteiger partial charge is 0.255 e. The van der Waals surface area contributed by atoms with E-state index in [1.807, 2.05) is 19.1 Å². The molecule has 0 fully saturated rings. The number of nitrogens with one attached hydrogen (secondary N) is 1. The number of aryl methyl sites for hydroxylation is 1. The van der Waals surface area contributed by atoms with Gasteiger partial charge in [-0.2, -0.15) is 0 Å². The molecule has 0 atom stereocenters. The number of benzene rings is 2. The zero-order valence-corrected chi connectivity index (χ0v) is 12.5. The van der Waals surface area contributed by atoms with Gasteiger partial charge in [-0.3, -0.25) is 4.79 Å². The van der Waals surface area contributed by atoms with Gasteiger partial charge in [0.2, 0.25) is 0 Å². The molecule has 0 saturated carbocycles. The molecule has 0 aliphatic heterocycles. The SMILES string of the molecule is Cc1cc(Br)cc(C(=O)Nc2ccc(Cl)c(N)c2)c1. The maximum atomic E-state index is 12.1. The van der Waals surface area contributed by atoms with Crippen molar-refractivity contribution in [3.63, 3.8) is 0 Å². The molecule has 3 N–H and O–H groups in total. The molecule has 2 rings (SSSR count). The van der Waals surface area contributed by atoms with E-state index in [9.17, 15) is 4.79 Å². The summed E-state index contributed by atoms with van der Waals surface area (Å²) in [6.45, 7) is 1.93. The number of halogens is 2. The summed E-state index contributed by atoms with van der Waals surface area (Å²) in [5.74, 6) is -0.189. The summed E-state index contributed by atoms with van der Waals surface area (Å²) in [6, 6.07) is 10.5. The molecule has 0 aliphatic carbocycles. The van der Waals surface area contributed by atoms with Gasteiger partial charge in [0.1, 0.15) is 0 Å². The van der Waals surface area contributed by atoms with E-state index < -0.39 is 0 Å². The molecule has 5 heteroatoms. The first-order chi connectivity index (χ1) is 8.95. The monoisotopic (exact) mass is 338 g/mol. The zero-order chi connectivity index (χ0) is 14.0. The zero-order valence-electron chi connectivity index (χ0n) is 10.2. The van der Waals surface area contributed by atoms with Gasteiger partial charge in [0.25, 0.3) is 5.91 Å². The van der Waals surface area contributed by atoms with E-state index in [1.54, 1.807) is 24.3 Å². The van der Waals surface area contributed by atoms with Crippen molar-refractivity contribution < 1.29 is 4.79 Å². The van der Waals surface area contributed by atoms with E-state index in [1.165, 1.54) is 0 Å². The first-order valence-corrected chi connectivity index (χ1v) is 6.76. The van der Waals surface area contributed by atoms with Crippen LogP contribution in [-0.2, 0) is 0 Å². The summed E-state index contributed by atoms with van der Waals surface area (Å²) < 4.78 is 0.869. The number of carbonyl (C=O) groups excluding carboxylic acids is 1. The van der Waals surface area contributed by atoms with Gasteiger partial charge in [-0.05, 0) is 48.9 Å². The average molecular weight is 340 g/mol. The number of hydrogen-bond donors (Lipinski definition) is 2. The highest BCUT2D eigenvalue weighted by Gasteiger charge is 2.08. The second-order valence-corrected chi connectivity index (χ2v) is 5.53. The molecule has 0 aliphatic rings. The Labute approximate surface area is 124 Å². The Balaban J connectivity index is 2.22. The molecule has 1 amide bonds. The van der Waals surface area contributed by atoms with Gasteiger partial charge >= 0.3 is 0 Å². The molecule has 0 saturated heterocycles. The van der Waals surface area contributed by atoms with Crippen molar-refractivity contribution in [1.82, 2.24) is 0 Å². The first-order valence-electron chi connectivity index (χ1n) is 5.59. The van der Waals surface area contributed by atoms with E-state index in [4.69, 9.17) is 17.3 Å². The number of nitrogens with two attached hydrogens (primary N) is 1. The Morgan fingerprint density at radius 1 is 1.26 bits per heavy atom. The predicted octanol–water partition coefficient (Wildman–Crippen LogP) is 4.25. The lowest BCUT2D eigenvalue weighted by Crippen LogP contribution is -2.12. The lowest BCUT2D eigenvalue weighted by atomic mass is 10.1. The van der Waals surface area contributed by atoms with Gasteiger partial charge in [0.05, 0.1) is 10.7 Å². The van der Waals surface area contributed by atoms with Crippen molar-refractivity contribution >= 4 is 44.8 Å². The van der Waals surface area contributed by atoms with Crippen LogP contribution in [0.4, 0.5) is 11.4 Å². The molecule has 0 heterocycles. The molecule has 0 aromatic heterocycles. The molecule has 2 aromatic rings. The number of carbonyl (C=O) groups is 1. The number of anilines is 2. The molecule has 0 spiro atoms. The van der Waals surface area contributed by atoms with Crippen molar-refractivity contribution in [3.05, 3.63) is 57.0 Å². The summed E-state index contributed by atoms with van der Waals surface area (Å²) in [7, 11) is 0. The summed E-state index contributed by atoms with van der Waals surface area (Å²) in [5, 5.41) is 3.25. The van der Waals surface area contributed by atoms with E-state index in [2.05, 4.69) is 21.2 Å². The van der Waals surface area contributed by atoms with Crippen LogP contribution in [0.2, 0.25) is 5.02 Å². The Hall–Kier alpha value is -1.52. The third-order valence-corrected chi connectivity index (χ3v) is 3.36. The average Bonchev–Trinajstić information content (AvgIpc) is 2.32. The highest BCUT2D eigenvalue weighted by Crippen LogP contribution is 2.23. The Kier molecular flexibility index (Phi) is 4.12. The molecule has 3 nitrogen and oxygen atoms in total. The van der Waals surface area contributed by atoms with Gasteiger partial charge in [-0.15, -0.1) is 0 Å². The van der Waals surface area contributed by atoms with Crippen molar-refractivity contribution in [2.75, 3.05) is 11.1 Å². The normalized spacial score (nSPS) is 10.3. The van der Waals surface area contributed by atoms with Crippen LogP contribution >= 0.6 is 27.5 Å². The van der Waals surface area contributed by atoms with Gasteiger partial charge in [-0.25, -0.2) is 0 Å². The maximum absolute atomic E-state index is 12.1. The summed E-state index contributed by atoms with van der Waals surface area (Å²) in [5.41, 5.74) is 8.34. The summed E-state index contributed by atoms with van der Waals surface area (Å²) in [6.07, 6.45) is 0. The topological polar surface area (TPSA) is 55.1 Å². The largest absolute Gasteiger partial charge is 0.397 e. The van der Waals surface area contributed by atoms with Crippen molar-refractivity contribution in [3.8, 4) is 0 Å². The minimum absolute atomic E-state index is 0.189. The summed E-state index contributed by atoms with van der Waals surface area (Å²) >= 11 is 9.20. The van der Waals surface area contributed by atoms with E-state index in [0.29, 0.717) is 22.0 Å². The Morgan fingerprint density at radius 2 is 2.00 bits per heavy atom. The minimum atomic E-state index is -0.189. The van der Waals surface area contributed by atoms with E-state index in [-0.39, 0.29) is 5.91 Å².